The normalized spacial score (nSPS) is 19.2. The van der Waals surface area contributed by atoms with Crippen molar-refractivity contribution >= 4 is 30.3 Å². The van der Waals surface area contributed by atoms with Crippen molar-refractivity contribution in [1.29, 1.82) is 0 Å². The zero-order valence-electron chi connectivity index (χ0n) is 17.7. The number of allylic oxidation sites excluding steroid dienone is 2. The standard InChI is InChI=1S/2C9H7.2C2H4O2.C2H6Si.Ti/c2*1-2-5-9-7-3-6-8(9)4-1;2*1-2(3)4;1-3-2;/h2*1-7H;2*1H3,(H,3,4);1-2H3;/q;;;;;+2/p-2. The summed E-state index contributed by atoms with van der Waals surface area (Å²) in [6, 6.07) is 16.3. The van der Waals surface area contributed by atoms with Gasteiger partial charge < -0.3 is 0 Å². The van der Waals surface area contributed by atoms with E-state index < -0.39 is 21.0 Å². The van der Waals surface area contributed by atoms with Crippen LogP contribution in [0, 0.1) is 0 Å². The molecule has 30 heavy (non-hydrogen) atoms. The van der Waals surface area contributed by atoms with Gasteiger partial charge in [-0.15, -0.1) is 0 Å². The van der Waals surface area contributed by atoms with E-state index in [0.29, 0.717) is 0 Å². The maximum absolute atomic E-state index is 12.7. The Kier molecular flexibility index (Phi) is 5.25. The van der Waals surface area contributed by atoms with Gasteiger partial charge >= 0.3 is 180 Å². The third-order valence-corrected chi connectivity index (χ3v) is 28.5. The first-order valence-electron chi connectivity index (χ1n) is 10.2. The topological polar surface area (TPSA) is 52.6 Å². The van der Waals surface area contributed by atoms with E-state index in [-0.39, 0.29) is 20.4 Å². The van der Waals surface area contributed by atoms with Crippen LogP contribution in [0.1, 0.15) is 44.5 Å². The van der Waals surface area contributed by atoms with Gasteiger partial charge in [0.05, 0.1) is 0 Å². The molecule has 2 aliphatic rings. The van der Waals surface area contributed by atoms with Crippen molar-refractivity contribution in [1.82, 2.24) is 0 Å². The number of hydrogen-bond acceptors (Lipinski definition) is 4. The Morgan fingerprint density at radius 1 is 0.767 bits per heavy atom. The fraction of sp³-hybridized carbons (Fsp3) is 0.250. The number of carbonyl (C=O) groups is 2. The van der Waals surface area contributed by atoms with E-state index >= 15 is 0 Å². The Bertz CT molecular complexity index is 1100. The van der Waals surface area contributed by atoms with Crippen molar-refractivity contribution in [3.05, 3.63) is 82.9 Å². The van der Waals surface area contributed by atoms with Crippen molar-refractivity contribution in [2.45, 2.75) is 35.4 Å². The van der Waals surface area contributed by atoms with Crippen LogP contribution >= 0.6 is 0 Å². The van der Waals surface area contributed by atoms with Crippen LogP contribution in [0.25, 0.3) is 12.2 Å². The molecule has 0 aromatic heterocycles. The average molecular weight is 454 g/mol. The first-order valence-corrected chi connectivity index (χ1v) is 18.1. The van der Waals surface area contributed by atoms with E-state index in [2.05, 4.69) is 61.7 Å². The van der Waals surface area contributed by atoms with E-state index in [4.69, 9.17) is 6.64 Å². The molecule has 0 bridgehead atoms. The molecular formula is C24H26O4SiTi. The van der Waals surface area contributed by atoms with E-state index in [1.807, 2.05) is 24.3 Å². The molecule has 0 heterocycles. The maximum atomic E-state index is 12.7. The van der Waals surface area contributed by atoms with Gasteiger partial charge in [-0.05, 0) is 0 Å². The first-order chi connectivity index (χ1) is 14.3. The fourth-order valence-electron chi connectivity index (χ4n) is 5.34. The predicted octanol–water partition coefficient (Wildman–Crippen LogP) is 5.42. The van der Waals surface area contributed by atoms with E-state index in [1.165, 1.54) is 13.8 Å². The first kappa shape index (κ1) is 21.0. The van der Waals surface area contributed by atoms with Crippen LogP contribution in [0.3, 0.4) is 0 Å². The molecule has 0 amide bonds. The summed E-state index contributed by atoms with van der Waals surface area (Å²) in [5, 5.41) is 0. The number of rotatable bonds is 4. The summed E-state index contributed by atoms with van der Waals surface area (Å²) in [6.07, 6.45) is 6.94. The van der Waals surface area contributed by atoms with Gasteiger partial charge in [-0.3, -0.25) is 0 Å². The summed E-state index contributed by atoms with van der Waals surface area (Å²) >= 11 is -4.95. The molecule has 2 atom stereocenters. The van der Waals surface area contributed by atoms with Crippen LogP contribution in [-0.4, -0.2) is 18.1 Å². The molecule has 0 radical (unpaired) electrons. The summed E-state index contributed by atoms with van der Waals surface area (Å²) < 4.78 is 12.6. The molecular weight excluding hydrogens is 428 g/mol. The molecule has 2 aromatic carbocycles. The molecule has 2 unspecified atom stereocenters. The molecule has 0 saturated carbocycles. The summed E-state index contributed by atoms with van der Waals surface area (Å²) in [5.74, 6) is -0.759. The molecule has 4 nitrogen and oxygen atoms in total. The monoisotopic (exact) mass is 454 g/mol. The number of benzene rings is 2. The Labute approximate surface area is 179 Å². The van der Waals surface area contributed by atoms with Crippen LogP contribution < -0.4 is 0 Å². The van der Waals surface area contributed by atoms with Crippen molar-refractivity contribution < 1.29 is 31.0 Å². The number of hydrogen-bond donors (Lipinski definition) is 0. The molecule has 6 heteroatoms. The Hall–Kier alpha value is -2.21. The second kappa shape index (κ2) is 7.49. The molecule has 0 spiro atoms. The SMILES string of the molecule is CC(=O)[O][Ti]([O]C(C)=O)([CH]1C=Cc2ccccc21)([CH]1C=Cc2ccccc21)=[Si](C)C. The minimum atomic E-state index is -4.95. The fourth-order valence-corrected chi connectivity index (χ4v) is 25.4. The van der Waals surface area contributed by atoms with Gasteiger partial charge in [0.2, 0.25) is 0 Å². The van der Waals surface area contributed by atoms with Crippen LogP contribution in [0.2, 0.25) is 13.1 Å². The molecule has 0 N–H and O–H groups in total. The third-order valence-electron chi connectivity index (χ3n) is 6.47. The zero-order chi connectivity index (χ0) is 21.5. The van der Waals surface area contributed by atoms with Gasteiger partial charge in [0.1, 0.15) is 0 Å². The van der Waals surface area contributed by atoms with Crippen LogP contribution in [0.5, 0.6) is 0 Å². The van der Waals surface area contributed by atoms with E-state index in [0.717, 1.165) is 22.3 Å². The second-order valence-corrected chi connectivity index (χ2v) is 25.5. The Balaban J connectivity index is 2.14. The van der Waals surface area contributed by atoms with Crippen LogP contribution in [0.4, 0.5) is 0 Å². The molecule has 0 aliphatic heterocycles. The Morgan fingerprint density at radius 2 is 1.17 bits per heavy atom. The predicted molar refractivity (Wildman–Crippen MR) is 117 cm³/mol. The molecule has 2 aromatic rings. The molecule has 0 saturated heterocycles. The van der Waals surface area contributed by atoms with Crippen molar-refractivity contribution in [2.24, 2.45) is 0 Å². The zero-order valence-corrected chi connectivity index (χ0v) is 20.3. The number of fused-ring (bicyclic) bond motifs is 2. The molecule has 4 rings (SSSR count). The summed E-state index contributed by atoms with van der Waals surface area (Å²) in [4.78, 5) is 25.4. The van der Waals surface area contributed by atoms with Crippen LogP contribution in [0.15, 0.2) is 60.7 Å². The second-order valence-electron chi connectivity index (χ2n) is 8.33. The van der Waals surface area contributed by atoms with Gasteiger partial charge in [0.15, 0.2) is 0 Å². The van der Waals surface area contributed by atoms with Gasteiger partial charge in [0, 0.05) is 0 Å². The molecule has 154 valence electrons. The third kappa shape index (κ3) is 2.91. The molecule has 2 aliphatic carbocycles. The van der Waals surface area contributed by atoms with Gasteiger partial charge in [-0.1, -0.05) is 0 Å². The van der Waals surface area contributed by atoms with Crippen molar-refractivity contribution in [3.63, 3.8) is 0 Å². The summed E-state index contributed by atoms with van der Waals surface area (Å²) in [5.41, 5.74) is 4.36. The van der Waals surface area contributed by atoms with Gasteiger partial charge in [-0.25, -0.2) is 0 Å². The number of carbonyl (C=O) groups excluding carboxylic acids is 2. The Morgan fingerprint density at radius 3 is 1.53 bits per heavy atom. The van der Waals surface area contributed by atoms with Gasteiger partial charge in [-0.2, -0.15) is 0 Å². The van der Waals surface area contributed by atoms with Gasteiger partial charge in [0.25, 0.3) is 0 Å². The van der Waals surface area contributed by atoms with Crippen molar-refractivity contribution in [2.75, 3.05) is 0 Å². The van der Waals surface area contributed by atoms with Crippen molar-refractivity contribution in [3.8, 4) is 0 Å². The molecule has 0 fully saturated rings. The van der Waals surface area contributed by atoms with E-state index in [9.17, 15) is 9.59 Å². The van der Waals surface area contributed by atoms with E-state index in [1.54, 1.807) is 0 Å². The summed E-state index contributed by atoms with van der Waals surface area (Å²) in [7, 11) is 0. The minimum absolute atomic E-state index is 0.226. The van der Waals surface area contributed by atoms with Crippen LogP contribution in [-0.2, 0) is 31.0 Å². The quantitative estimate of drug-likeness (QED) is 0.579. The average Bonchev–Trinajstić information content (AvgIpc) is 3.32. The summed E-state index contributed by atoms with van der Waals surface area (Å²) in [6.45, 7) is 7.15.